The Hall–Kier alpha value is -0.400. The molecule has 0 spiro atoms. The Labute approximate surface area is 109 Å². The van der Waals surface area contributed by atoms with E-state index in [9.17, 15) is 16.8 Å². The largest absolute Gasteiger partial charge is 0.229 e. The second-order valence-electron chi connectivity index (χ2n) is 4.02. The number of sulfone groups is 2. The van der Waals surface area contributed by atoms with Crippen molar-refractivity contribution in [1.29, 1.82) is 0 Å². The third kappa shape index (κ3) is 2.71. The van der Waals surface area contributed by atoms with E-state index in [4.69, 9.17) is 0 Å². The minimum atomic E-state index is -3.53. The lowest BCUT2D eigenvalue weighted by Gasteiger charge is -2.09. The van der Waals surface area contributed by atoms with Crippen LogP contribution < -0.4 is 0 Å². The zero-order valence-electron chi connectivity index (χ0n) is 8.84. The van der Waals surface area contributed by atoms with E-state index in [2.05, 4.69) is 15.9 Å². The standard InChI is InChI=1S/C10H11BrO4S2/c11-8-1-3-9(4-2-8)17(14,15)10-5-6-16(12,13)7-10/h1-4,10H,5-7H2. The SMILES string of the molecule is O=S1(=O)CCC(S(=O)(=O)c2ccc(Br)cc2)C1. The molecule has 1 aliphatic rings. The predicted octanol–water partition coefficient (Wildman–Crippen LogP) is 1.41. The fraction of sp³-hybridized carbons (Fsp3) is 0.400. The molecule has 1 saturated heterocycles. The van der Waals surface area contributed by atoms with Crippen LogP contribution in [0, 0.1) is 0 Å². The van der Waals surface area contributed by atoms with E-state index in [-0.39, 0.29) is 22.8 Å². The van der Waals surface area contributed by atoms with Crippen LogP contribution in [0.3, 0.4) is 0 Å². The van der Waals surface area contributed by atoms with Crippen molar-refractivity contribution < 1.29 is 16.8 Å². The van der Waals surface area contributed by atoms with Crippen LogP contribution >= 0.6 is 15.9 Å². The van der Waals surface area contributed by atoms with E-state index >= 15 is 0 Å². The summed E-state index contributed by atoms with van der Waals surface area (Å²) in [7, 11) is -6.71. The van der Waals surface area contributed by atoms with Gasteiger partial charge in [0.15, 0.2) is 19.7 Å². The quantitative estimate of drug-likeness (QED) is 0.817. The second kappa shape index (κ2) is 4.37. The summed E-state index contributed by atoms with van der Waals surface area (Å²) >= 11 is 3.22. The van der Waals surface area contributed by atoms with Crippen molar-refractivity contribution in [3.05, 3.63) is 28.7 Å². The molecule has 0 aliphatic carbocycles. The smallest absolute Gasteiger partial charge is 0.182 e. The number of hydrogen-bond donors (Lipinski definition) is 0. The highest BCUT2D eigenvalue weighted by Gasteiger charge is 2.37. The number of hydrogen-bond acceptors (Lipinski definition) is 4. The molecule has 4 nitrogen and oxygen atoms in total. The van der Waals surface area contributed by atoms with Crippen molar-refractivity contribution in [3.8, 4) is 0 Å². The van der Waals surface area contributed by atoms with Crippen LogP contribution in [0.1, 0.15) is 6.42 Å². The van der Waals surface area contributed by atoms with E-state index in [0.29, 0.717) is 0 Å². The lowest BCUT2D eigenvalue weighted by molar-refractivity contribution is 0.582. The van der Waals surface area contributed by atoms with Crippen LogP contribution in [-0.4, -0.2) is 33.6 Å². The van der Waals surface area contributed by atoms with E-state index in [0.717, 1.165) is 4.47 Å². The van der Waals surface area contributed by atoms with Crippen molar-refractivity contribution in [2.75, 3.05) is 11.5 Å². The Morgan fingerprint density at radius 1 is 1.18 bits per heavy atom. The molecule has 0 N–H and O–H groups in total. The summed E-state index contributed by atoms with van der Waals surface area (Å²) in [5, 5.41) is -0.798. The van der Waals surface area contributed by atoms with Gasteiger partial charge in [-0.15, -0.1) is 0 Å². The van der Waals surface area contributed by atoms with Gasteiger partial charge in [0, 0.05) is 4.47 Å². The summed E-state index contributed by atoms with van der Waals surface area (Å²) in [4.78, 5) is 0.183. The molecule has 1 heterocycles. The van der Waals surface area contributed by atoms with Crippen LogP contribution in [0.5, 0.6) is 0 Å². The van der Waals surface area contributed by atoms with Crippen molar-refractivity contribution in [2.45, 2.75) is 16.6 Å². The zero-order chi connectivity index (χ0) is 12.7. The Morgan fingerprint density at radius 2 is 1.76 bits per heavy atom. The van der Waals surface area contributed by atoms with Crippen LogP contribution in [0.2, 0.25) is 0 Å². The van der Waals surface area contributed by atoms with E-state index in [1.54, 1.807) is 12.1 Å². The highest BCUT2D eigenvalue weighted by Crippen LogP contribution is 2.26. The van der Waals surface area contributed by atoms with Gasteiger partial charge in [0.25, 0.3) is 0 Å². The second-order valence-corrected chi connectivity index (χ2v) is 9.40. The third-order valence-electron chi connectivity index (χ3n) is 2.77. The molecule has 94 valence electrons. The molecular formula is C10H11BrO4S2. The van der Waals surface area contributed by atoms with Gasteiger partial charge >= 0.3 is 0 Å². The van der Waals surface area contributed by atoms with Gasteiger partial charge < -0.3 is 0 Å². The Balaban J connectivity index is 2.35. The van der Waals surface area contributed by atoms with Gasteiger partial charge in [-0.1, -0.05) is 15.9 Å². The van der Waals surface area contributed by atoms with Gasteiger partial charge in [-0.2, -0.15) is 0 Å². The van der Waals surface area contributed by atoms with Crippen LogP contribution in [0.25, 0.3) is 0 Å². The average Bonchev–Trinajstić information content (AvgIpc) is 2.60. The van der Waals surface area contributed by atoms with Crippen LogP contribution in [0.15, 0.2) is 33.6 Å². The molecule has 2 rings (SSSR count). The highest BCUT2D eigenvalue weighted by molar-refractivity contribution is 9.10. The molecule has 0 bridgehead atoms. The van der Waals surface area contributed by atoms with Crippen molar-refractivity contribution >= 4 is 35.6 Å². The number of halogens is 1. The molecule has 1 aromatic rings. The molecule has 1 atom stereocenters. The molecule has 0 radical (unpaired) electrons. The van der Waals surface area contributed by atoms with Gasteiger partial charge in [0.1, 0.15) is 0 Å². The van der Waals surface area contributed by atoms with Crippen LogP contribution in [-0.2, 0) is 19.7 Å². The molecule has 0 aromatic heterocycles. The molecule has 7 heteroatoms. The minimum absolute atomic E-state index is 0.0343. The maximum Gasteiger partial charge on any atom is 0.182 e. The zero-order valence-corrected chi connectivity index (χ0v) is 12.1. The predicted molar refractivity (Wildman–Crippen MR) is 68.4 cm³/mol. The minimum Gasteiger partial charge on any atom is -0.229 e. The average molecular weight is 339 g/mol. The van der Waals surface area contributed by atoms with E-state index in [1.807, 2.05) is 0 Å². The molecule has 1 unspecified atom stereocenters. The first-order chi connectivity index (χ1) is 7.81. The summed E-state index contributed by atoms with van der Waals surface area (Å²) in [5.41, 5.74) is 0. The molecule has 0 saturated carbocycles. The Bertz CT molecular complexity index is 617. The van der Waals surface area contributed by atoms with Gasteiger partial charge in [-0.05, 0) is 30.7 Å². The molecule has 0 amide bonds. The molecule has 17 heavy (non-hydrogen) atoms. The van der Waals surface area contributed by atoms with Gasteiger partial charge in [0.05, 0.1) is 21.7 Å². The highest BCUT2D eigenvalue weighted by atomic mass is 79.9. The van der Waals surface area contributed by atoms with Gasteiger partial charge in [-0.3, -0.25) is 0 Å². The molecular weight excluding hydrogens is 328 g/mol. The van der Waals surface area contributed by atoms with Gasteiger partial charge in [0.2, 0.25) is 0 Å². The normalized spacial score (nSPS) is 23.7. The third-order valence-corrected chi connectivity index (χ3v) is 7.49. The van der Waals surface area contributed by atoms with Crippen molar-refractivity contribution in [2.24, 2.45) is 0 Å². The topological polar surface area (TPSA) is 68.3 Å². The lowest BCUT2D eigenvalue weighted by Crippen LogP contribution is -2.22. The first kappa shape index (κ1) is 13.0. The van der Waals surface area contributed by atoms with Crippen molar-refractivity contribution in [1.82, 2.24) is 0 Å². The molecule has 1 aromatic carbocycles. The fourth-order valence-corrected chi connectivity index (χ4v) is 6.45. The maximum atomic E-state index is 12.2. The first-order valence-corrected chi connectivity index (χ1v) is 9.17. The lowest BCUT2D eigenvalue weighted by atomic mass is 10.4. The summed E-state index contributed by atoms with van der Waals surface area (Å²) in [5.74, 6) is -0.293. The molecule has 1 aliphatic heterocycles. The summed E-state index contributed by atoms with van der Waals surface area (Å²) < 4.78 is 47.7. The summed E-state index contributed by atoms with van der Waals surface area (Å²) in [6.07, 6.45) is 0.195. The number of benzene rings is 1. The van der Waals surface area contributed by atoms with E-state index in [1.165, 1.54) is 12.1 Å². The summed E-state index contributed by atoms with van der Waals surface area (Å²) in [6.45, 7) is 0. The van der Waals surface area contributed by atoms with E-state index < -0.39 is 24.9 Å². The Kier molecular flexibility index (Phi) is 3.35. The fourth-order valence-electron chi connectivity index (χ4n) is 1.82. The number of rotatable bonds is 2. The van der Waals surface area contributed by atoms with Crippen molar-refractivity contribution in [3.63, 3.8) is 0 Å². The van der Waals surface area contributed by atoms with Gasteiger partial charge in [-0.25, -0.2) is 16.8 Å². The first-order valence-electron chi connectivity index (χ1n) is 5.01. The monoisotopic (exact) mass is 338 g/mol. The maximum absolute atomic E-state index is 12.2. The summed E-state index contributed by atoms with van der Waals surface area (Å²) in [6, 6.07) is 6.25. The Morgan fingerprint density at radius 3 is 2.24 bits per heavy atom. The molecule has 1 fully saturated rings. The van der Waals surface area contributed by atoms with Crippen LogP contribution in [0.4, 0.5) is 0 Å².